The maximum atomic E-state index is 5.67. The summed E-state index contributed by atoms with van der Waals surface area (Å²) in [5.74, 6) is 0.609. The van der Waals surface area contributed by atoms with Gasteiger partial charge in [-0.3, -0.25) is 4.90 Å². The average Bonchev–Trinajstić information content (AvgIpc) is 2.55. The maximum absolute atomic E-state index is 5.67. The molecule has 0 bridgehead atoms. The van der Waals surface area contributed by atoms with Crippen LogP contribution in [-0.2, 0) is 6.54 Å². The molecule has 4 heteroatoms. The van der Waals surface area contributed by atoms with Crippen LogP contribution in [-0.4, -0.2) is 34.6 Å². The van der Waals surface area contributed by atoms with Crippen molar-refractivity contribution in [2.24, 2.45) is 5.92 Å². The summed E-state index contributed by atoms with van der Waals surface area (Å²) in [6.07, 6.45) is 5.79. The fraction of sp³-hybridized carbons (Fsp3) is 0.444. The van der Waals surface area contributed by atoms with E-state index in [4.69, 9.17) is 4.74 Å². The summed E-state index contributed by atoms with van der Waals surface area (Å²) in [5, 5.41) is 0. The van der Waals surface area contributed by atoms with Crippen molar-refractivity contribution in [3.8, 4) is 6.01 Å². The zero-order valence-corrected chi connectivity index (χ0v) is 13.1. The Hall–Kier alpha value is -1.94. The third kappa shape index (κ3) is 4.28. The van der Waals surface area contributed by atoms with E-state index in [-0.39, 0.29) is 0 Å². The lowest BCUT2D eigenvalue weighted by Gasteiger charge is -2.31. The van der Waals surface area contributed by atoms with Gasteiger partial charge in [0, 0.05) is 18.9 Å². The van der Waals surface area contributed by atoms with Crippen molar-refractivity contribution in [1.29, 1.82) is 0 Å². The molecular formula is C18H23N3O. The van der Waals surface area contributed by atoms with Gasteiger partial charge in [0.2, 0.25) is 0 Å². The molecule has 22 heavy (non-hydrogen) atoms. The van der Waals surface area contributed by atoms with Crippen molar-refractivity contribution < 1.29 is 4.74 Å². The van der Waals surface area contributed by atoms with Gasteiger partial charge in [-0.05, 0) is 50.4 Å². The van der Waals surface area contributed by atoms with E-state index in [1.165, 1.54) is 24.0 Å². The largest absolute Gasteiger partial charge is 0.463 e. The molecule has 0 saturated carbocycles. The molecule has 0 N–H and O–H groups in total. The minimum Gasteiger partial charge on any atom is -0.463 e. The highest BCUT2D eigenvalue weighted by atomic mass is 16.5. The number of likely N-dealkylation sites (tertiary alicyclic amines) is 1. The van der Waals surface area contributed by atoms with Gasteiger partial charge in [-0.2, -0.15) is 0 Å². The highest BCUT2D eigenvalue weighted by Crippen LogP contribution is 2.20. The molecule has 0 unspecified atom stereocenters. The molecule has 116 valence electrons. The molecular weight excluding hydrogens is 274 g/mol. The first kappa shape index (κ1) is 15.0. The normalized spacial score (nSPS) is 16.6. The van der Waals surface area contributed by atoms with E-state index in [9.17, 15) is 0 Å². The standard InChI is InChI=1S/C18H23N3O/c1-15-4-2-5-17(12-15)13-21-10-6-16(7-11-21)14-22-18-19-8-3-9-20-18/h2-5,8-9,12,16H,6-7,10-11,13-14H2,1H3. The molecule has 0 amide bonds. The topological polar surface area (TPSA) is 38.2 Å². The number of hydrogen-bond acceptors (Lipinski definition) is 4. The van der Waals surface area contributed by atoms with Crippen LogP contribution in [0.2, 0.25) is 0 Å². The second-order valence-corrected chi connectivity index (χ2v) is 6.05. The van der Waals surface area contributed by atoms with Crippen molar-refractivity contribution in [2.45, 2.75) is 26.3 Å². The summed E-state index contributed by atoms with van der Waals surface area (Å²) in [6.45, 7) is 6.20. The van der Waals surface area contributed by atoms with Crippen molar-refractivity contribution >= 4 is 0 Å². The molecule has 1 aromatic carbocycles. The molecule has 1 saturated heterocycles. The fourth-order valence-corrected chi connectivity index (χ4v) is 2.93. The predicted octanol–water partition coefficient (Wildman–Crippen LogP) is 3.08. The number of benzene rings is 1. The van der Waals surface area contributed by atoms with Gasteiger partial charge in [-0.1, -0.05) is 29.8 Å². The zero-order chi connectivity index (χ0) is 15.2. The molecule has 1 aromatic heterocycles. The first-order valence-corrected chi connectivity index (χ1v) is 7.97. The number of aryl methyl sites for hydroxylation is 1. The van der Waals surface area contributed by atoms with E-state index in [1.807, 2.05) is 0 Å². The van der Waals surface area contributed by atoms with Gasteiger partial charge in [-0.15, -0.1) is 0 Å². The van der Waals surface area contributed by atoms with Gasteiger partial charge in [-0.25, -0.2) is 9.97 Å². The second-order valence-electron chi connectivity index (χ2n) is 6.05. The van der Waals surface area contributed by atoms with Gasteiger partial charge < -0.3 is 4.74 Å². The van der Waals surface area contributed by atoms with E-state index in [0.29, 0.717) is 11.9 Å². The van der Waals surface area contributed by atoms with Gasteiger partial charge in [0.25, 0.3) is 0 Å². The third-order valence-corrected chi connectivity index (χ3v) is 4.19. The number of piperidine rings is 1. The third-order valence-electron chi connectivity index (χ3n) is 4.19. The molecule has 0 spiro atoms. The SMILES string of the molecule is Cc1cccc(CN2CCC(COc3ncccn3)CC2)c1. The Labute approximate surface area is 132 Å². The molecule has 0 atom stereocenters. The molecule has 0 radical (unpaired) electrons. The summed E-state index contributed by atoms with van der Waals surface area (Å²) in [7, 11) is 0. The Kier molecular flexibility index (Phi) is 5.01. The predicted molar refractivity (Wildman–Crippen MR) is 86.7 cm³/mol. The maximum Gasteiger partial charge on any atom is 0.316 e. The second kappa shape index (κ2) is 7.36. The van der Waals surface area contributed by atoms with E-state index < -0.39 is 0 Å². The van der Waals surface area contributed by atoms with Gasteiger partial charge >= 0.3 is 6.01 Å². The van der Waals surface area contributed by atoms with Gasteiger partial charge in [0.1, 0.15) is 0 Å². The Morgan fingerprint density at radius 2 is 1.91 bits per heavy atom. The lowest BCUT2D eigenvalue weighted by atomic mass is 9.97. The number of rotatable bonds is 5. The highest BCUT2D eigenvalue weighted by Gasteiger charge is 2.20. The molecule has 0 aliphatic carbocycles. The number of hydrogen-bond donors (Lipinski definition) is 0. The first-order chi connectivity index (χ1) is 10.8. The van der Waals surface area contributed by atoms with Crippen LogP contribution in [0.1, 0.15) is 24.0 Å². The van der Waals surface area contributed by atoms with Crippen LogP contribution in [0.25, 0.3) is 0 Å². The quantitative estimate of drug-likeness (QED) is 0.850. The van der Waals surface area contributed by atoms with Crippen molar-refractivity contribution in [3.05, 3.63) is 53.9 Å². The van der Waals surface area contributed by atoms with Crippen LogP contribution < -0.4 is 4.74 Å². The van der Waals surface area contributed by atoms with E-state index >= 15 is 0 Å². The van der Waals surface area contributed by atoms with Crippen LogP contribution in [0.5, 0.6) is 6.01 Å². The van der Waals surface area contributed by atoms with Gasteiger partial charge in [0.05, 0.1) is 6.61 Å². The van der Waals surface area contributed by atoms with Crippen LogP contribution in [0.15, 0.2) is 42.7 Å². The monoisotopic (exact) mass is 297 g/mol. The van der Waals surface area contributed by atoms with Crippen molar-refractivity contribution in [2.75, 3.05) is 19.7 Å². The van der Waals surface area contributed by atoms with E-state index in [1.54, 1.807) is 18.5 Å². The summed E-state index contributed by atoms with van der Waals surface area (Å²) in [4.78, 5) is 10.7. The summed E-state index contributed by atoms with van der Waals surface area (Å²) < 4.78 is 5.67. The summed E-state index contributed by atoms with van der Waals surface area (Å²) in [5.41, 5.74) is 2.75. The molecule has 4 nitrogen and oxygen atoms in total. The first-order valence-electron chi connectivity index (χ1n) is 7.97. The van der Waals surface area contributed by atoms with Crippen LogP contribution in [0.3, 0.4) is 0 Å². The lowest BCUT2D eigenvalue weighted by molar-refractivity contribution is 0.132. The molecule has 1 aliphatic rings. The Bertz CT molecular complexity index is 580. The van der Waals surface area contributed by atoms with E-state index in [2.05, 4.69) is 46.1 Å². The summed E-state index contributed by atoms with van der Waals surface area (Å²) >= 11 is 0. The summed E-state index contributed by atoms with van der Waals surface area (Å²) in [6, 6.07) is 11.1. The molecule has 2 heterocycles. The van der Waals surface area contributed by atoms with Crippen LogP contribution in [0, 0.1) is 12.8 Å². The van der Waals surface area contributed by atoms with Crippen LogP contribution in [0.4, 0.5) is 0 Å². The van der Waals surface area contributed by atoms with Crippen molar-refractivity contribution in [3.63, 3.8) is 0 Å². The molecule has 3 rings (SSSR count). The lowest BCUT2D eigenvalue weighted by Crippen LogP contribution is -2.35. The number of nitrogens with zero attached hydrogens (tertiary/aromatic N) is 3. The van der Waals surface area contributed by atoms with E-state index in [0.717, 1.165) is 26.2 Å². The zero-order valence-electron chi connectivity index (χ0n) is 13.1. The van der Waals surface area contributed by atoms with Crippen LogP contribution >= 0.6 is 0 Å². The molecule has 2 aromatic rings. The average molecular weight is 297 g/mol. The Balaban J connectivity index is 1.42. The van der Waals surface area contributed by atoms with Gasteiger partial charge in [0.15, 0.2) is 0 Å². The minimum absolute atomic E-state index is 0.490. The fourth-order valence-electron chi connectivity index (χ4n) is 2.93. The van der Waals surface area contributed by atoms with Crippen molar-refractivity contribution in [1.82, 2.24) is 14.9 Å². The Morgan fingerprint density at radius 3 is 2.64 bits per heavy atom. The highest BCUT2D eigenvalue weighted by molar-refractivity contribution is 5.22. The molecule has 1 fully saturated rings. The molecule has 1 aliphatic heterocycles. The number of aromatic nitrogens is 2. The smallest absolute Gasteiger partial charge is 0.316 e. The Morgan fingerprint density at radius 1 is 1.14 bits per heavy atom. The number of ether oxygens (including phenoxy) is 1. The minimum atomic E-state index is 0.490.